The molecular formula is C12H16INO4S. The molecule has 1 aromatic carbocycles. The fourth-order valence-corrected chi connectivity index (χ4v) is 3.54. The normalized spacial score (nSPS) is 13.5. The van der Waals surface area contributed by atoms with Crippen LogP contribution in [0.3, 0.4) is 0 Å². The number of hydrogen-bond donors (Lipinski definition) is 2. The number of benzene rings is 1. The molecule has 1 aromatic rings. The SMILES string of the molecule is Cc1ccc(S(=O)(=O)N[C@H](C(=O)O)C(C)C)cc1I. The molecule has 0 aliphatic heterocycles. The monoisotopic (exact) mass is 397 g/mol. The van der Waals surface area contributed by atoms with E-state index < -0.39 is 22.0 Å². The number of aryl methyl sites for hydroxylation is 1. The van der Waals surface area contributed by atoms with Gasteiger partial charge in [0.15, 0.2) is 0 Å². The maximum atomic E-state index is 12.1. The van der Waals surface area contributed by atoms with Gasteiger partial charge in [0.25, 0.3) is 0 Å². The first kappa shape index (κ1) is 16.4. The van der Waals surface area contributed by atoms with Crippen LogP contribution in [0.2, 0.25) is 0 Å². The van der Waals surface area contributed by atoms with Gasteiger partial charge in [-0.25, -0.2) is 8.42 Å². The van der Waals surface area contributed by atoms with Crippen molar-refractivity contribution >= 4 is 38.6 Å². The third kappa shape index (κ3) is 4.15. The summed E-state index contributed by atoms with van der Waals surface area (Å²) in [6.07, 6.45) is 0. The van der Waals surface area contributed by atoms with Gasteiger partial charge in [-0.2, -0.15) is 4.72 Å². The third-order valence-corrected chi connectivity index (χ3v) is 5.27. The lowest BCUT2D eigenvalue weighted by molar-refractivity contribution is -0.140. The first-order chi connectivity index (χ1) is 8.65. The minimum atomic E-state index is -3.82. The second-order valence-electron chi connectivity index (χ2n) is 4.59. The second-order valence-corrected chi connectivity index (χ2v) is 7.47. The predicted octanol–water partition coefficient (Wildman–Crippen LogP) is 1.99. The van der Waals surface area contributed by atoms with Crippen molar-refractivity contribution < 1.29 is 18.3 Å². The molecule has 106 valence electrons. The zero-order valence-corrected chi connectivity index (χ0v) is 13.8. The molecule has 0 aliphatic rings. The topological polar surface area (TPSA) is 83.5 Å². The van der Waals surface area contributed by atoms with Gasteiger partial charge in [0.1, 0.15) is 6.04 Å². The Morgan fingerprint density at radius 2 is 1.95 bits per heavy atom. The van der Waals surface area contributed by atoms with Crippen molar-refractivity contribution in [1.82, 2.24) is 4.72 Å². The van der Waals surface area contributed by atoms with Gasteiger partial charge in [-0.3, -0.25) is 4.79 Å². The average Bonchev–Trinajstić information content (AvgIpc) is 2.28. The van der Waals surface area contributed by atoms with Gasteiger partial charge >= 0.3 is 5.97 Å². The van der Waals surface area contributed by atoms with Gasteiger partial charge < -0.3 is 5.11 Å². The number of rotatable bonds is 5. The Labute approximate surface area is 126 Å². The van der Waals surface area contributed by atoms with Crippen LogP contribution in [-0.4, -0.2) is 25.5 Å². The average molecular weight is 397 g/mol. The molecule has 0 fully saturated rings. The lowest BCUT2D eigenvalue weighted by Crippen LogP contribution is -2.44. The molecule has 0 aromatic heterocycles. The molecule has 5 nitrogen and oxygen atoms in total. The molecule has 0 unspecified atom stereocenters. The van der Waals surface area contributed by atoms with Crippen molar-refractivity contribution in [2.24, 2.45) is 5.92 Å². The highest BCUT2D eigenvalue weighted by atomic mass is 127. The summed E-state index contributed by atoms with van der Waals surface area (Å²) in [6.45, 7) is 5.18. The van der Waals surface area contributed by atoms with Crippen LogP contribution in [0.15, 0.2) is 23.1 Å². The Bertz CT molecular complexity index is 583. The van der Waals surface area contributed by atoms with E-state index >= 15 is 0 Å². The summed E-state index contributed by atoms with van der Waals surface area (Å²) in [4.78, 5) is 11.1. The second kappa shape index (κ2) is 6.19. The summed E-state index contributed by atoms with van der Waals surface area (Å²) in [7, 11) is -3.82. The predicted molar refractivity (Wildman–Crippen MR) is 80.5 cm³/mol. The van der Waals surface area contributed by atoms with Crippen LogP contribution in [0, 0.1) is 16.4 Å². The van der Waals surface area contributed by atoms with Crippen LogP contribution in [0.1, 0.15) is 19.4 Å². The summed E-state index contributed by atoms with van der Waals surface area (Å²) in [6, 6.07) is 3.56. The van der Waals surface area contributed by atoms with Crippen LogP contribution >= 0.6 is 22.6 Å². The molecular weight excluding hydrogens is 381 g/mol. The number of aliphatic carboxylic acids is 1. The van der Waals surface area contributed by atoms with E-state index in [0.717, 1.165) is 9.13 Å². The standard InChI is InChI=1S/C12H16INO4S/c1-7(2)11(12(15)16)14-19(17,18)9-5-4-8(3)10(13)6-9/h4-7,11,14H,1-3H3,(H,15,16)/t11-/m0/s1. The highest BCUT2D eigenvalue weighted by Crippen LogP contribution is 2.18. The Kier molecular flexibility index (Phi) is 5.34. The lowest BCUT2D eigenvalue weighted by Gasteiger charge is -2.18. The van der Waals surface area contributed by atoms with E-state index in [1.807, 2.05) is 29.5 Å². The Morgan fingerprint density at radius 1 is 1.37 bits per heavy atom. The highest BCUT2D eigenvalue weighted by Gasteiger charge is 2.28. The molecule has 0 heterocycles. The van der Waals surface area contributed by atoms with Crippen LogP contribution in [-0.2, 0) is 14.8 Å². The minimum absolute atomic E-state index is 0.0781. The molecule has 19 heavy (non-hydrogen) atoms. The van der Waals surface area contributed by atoms with Crippen molar-refractivity contribution in [3.8, 4) is 0 Å². The summed E-state index contributed by atoms with van der Waals surface area (Å²) in [5, 5.41) is 9.02. The van der Waals surface area contributed by atoms with Crippen LogP contribution in [0.5, 0.6) is 0 Å². The summed E-state index contributed by atoms with van der Waals surface area (Å²) < 4.78 is 27.3. The van der Waals surface area contributed by atoms with Crippen molar-refractivity contribution in [3.63, 3.8) is 0 Å². The van der Waals surface area contributed by atoms with Crippen molar-refractivity contribution in [1.29, 1.82) is 0 Å². The molecule has 0 radical (unpaired) electrons. The van der Waals surface area contributed by atoms with Gasteiger partial charge in [0.05, 0.1) is 4.90 Å². The molecule has 1 rings (SSSR count). The van der Waals surface area contributed by atoms with Gasteiger partial charge in [-0.1, -0.05) is 19.9 Å². The number of carboxylic acid groups (broad SMARTS) is 1. The highest BCUT2D eigenvalue weighted by molar-refractivity contribution is 14.1. The Balaban J connectivity index is 3.10. The fraction of sp³-hybridized carbons (Fsp3) is 0.417. The van der Waals surface area contributed by atoms with E-state index in [2.05, 4.69) is 4.72 Å². The summed E-state index contributed by atoms with van der Waals surface area (Å²) in [5.74, 6) is -1.52. The maximum absolute atomic E-state index is 12.1. The first-order valence-corrected chi connectivity index (χ1v) is 8.22. The van der Waals surface area contributed by atoms with Gasteiger partial charge in [-0.15, -0.1) is 0 Å². The summed E-state index contributed by atoms with van der Waals surface area (Å²) in [5.41, 5.74) is 0.971. The molecule has 0 amide bonds. The fourth-order valence-electron chi connectivity index (χ4n) is 1.45. The van der Waals surface area contributed by atoms with E-state index in [0.29, 0.717) is 0 Å². The summed E-state index contributed by atoms with van der Waals surface area (Å²) >= 11 is 2.04. The number of sulfonamides is 1. The number of halogens is 1. The van der Waals surface area contributed by atoms with E-state index in [4.69, 9.17) is 5.11 Å². The number of carbonyl (C=O) groups is 1. The lowest BCUT2D eigenvalue weighted by atomic mass is 10.1. The number of carboxylic acids is 1. The van der Waals surface area contributed by atoms with Gasteiger partial charge in [0, 0.05) is 3.57 Å². The zero-order valence-electron chi connectivity index (χ0n) is 10.8. The maximum Gasteiger partial charge on any atom is 0.322 e. The zero-order chi connectivity index (χ0) is 14.8. The molecule has 2 N–H and O–H groups in total. The van der Waals surface area contributed by atoms with Crippen molar-refractivity contribution in [2.75, 3.05) is 0 Å². The number of hydrogen-bond acceptors (Lipinski definition) is 3. The van der Waals surface area contributed by atoms with Crippen molar-refractivity contribution in [3.05, 3.63) is 27.3 Å². The molecule has 0 aliphatic carbocycles. The molecule has 0 spiro atoms. The minimum Gasteiger partial charge on any atom is -0.480 e. The van der Waals surface area contributed by atoms with Gasteiger partial charge in [-0.05, 0) is 53.1 Å². The van der Waals surface area contributed by atoms with E-state index in [1.165, 1.54) is 12.1 Å². The third-order valence-electron chi connectivity index (χ3n) is 2.67. The van der Waals surface area contributed by atoms with Gasteiger partial charge in [0.2, 0.25) is 10.0 Å². The van der Waals surface area contributed by atoms with Crippen LogP contribution < -0.4 is 4.72 Å². The van der Waals surface area contributed by atoms with Crippen LogP contribution in [0.25, 0.3) is 0 Å². The quantitative estimate of drug-likeness (QED) is 0.745. The molecule has 1 atom stereocenters. The Morgan fingerprint density at radius 3 is 2.37 bits per heavy atom. The molecule has 0 saturated carbocycles. The smallest absolute Gasteiger partial charge is 0.322 e. The number of nitrogens with one attached hydrogen (secondary N) is 1. The van der Waals surface area contributed by atoms with E-state index in [9.17, 15) is 13.2 Å². The van der Waals surface area contributed by atoms with Crippen molar-refractivity contribution in [2.45, 2.75) is 31.7 Å². The Hall–Kier alpha value is -0.670. The molecule has 0 bridgehead atoms. The van der Waals surface area contributed by atoms with E-state index in [1.54, 1.807) is 19.9 Å². The van der Waals surface area contributed by atoms with E-state index in [-0.39, 0.29) is 10.8 Å². The van der Waals surface area contributed by atoms with Crippen LogP contribution in [0.4, 0.5) is 0 Å². The largest absolute Gasteiger partial charge is 0.480 e. The molecule has 0 saturated heterocycles. The molecule has 7 heteroatoms. The first-order valence-electron chi connectivity index (χ1n) is 5.66.